The Morgan fingerprint density at radius 2 is 2.16 bits per heavy atom. The number of piperidine rings is 1. The fraction of sp³-hybridized carbons (Fsp3) is 0.500. The monoisotopic (exact) mass is 360 g/mol. The molecule has 0 aliphatic carbocycles. The molecular formula is C18H24N4O2S. The van der Waals surface area contributed by atoms with Gasteiger partial charge in [-0.3, -0.25) is 9.59 Å². The Bertz CT molecular complexity index is 839. The van der Waals surface area contributed by atoms with Crippen molar-refractivity contribution in [2.45, 2.75) is 32.6 Å². The Morgan fingerprint density at radius 1 is 1.36 bits per heavy atom. The van der Waals surface area contributed by atoms with Crippen molar-refractivity contribution in [1.82, 2.24) is 14.9 Å². The van der Waals surface area contributed by atoms with Crippen LogP contribution in [0, 0.1) is 5.92 Å². The molecule has 0 radical (unpaired) electrons. The molecule has 1 N–H and O–H groups in total. The lowest BCUT2D eigenvalue weighted by atomic mass is 9.97. The molecule has 3 rings (SSSR count). The van der Waals surface area contributed by atoms with Crippen LogP contribution in [0.3, 0.4) is 0 Å². The highest BCUT2D eigenvalue weighted by Crippen LogP contribution is 2.18. The number of amides is 2. The maximum absolute atomic E-state index is 12.5. The lowest BCUT2D eigenvalue weighted by Gasteiger charge is -2.31. The molecule has 6 nitrogen and oxygen atoms in total. The topological polar surface area (TPSA) is 66.7 Å². The minimum Gasteiger partial charge on any atom is -0.342 e. The average Bonchev–Trinajstić information content (AvgIpc) is 2.96. The van der Waals surface area contributed by atoms with E-state index in [-0.39, 0.29) is 17.7 Å². The number of aromatic nitrogens is 1. The van der Waals surface area contributed by atoms with Gasteiger partial charge in [-0.15, -0.1) is 5.10 Å². The van der Waals surface area contributed by atoms with Crippen LogP contribution >= 0.6 is 11.3 Å². The maximum atomic E-state index is 12.5. The van der Waals surface area contributed by atoms with Crippen LogP contribution in [0.2, 0.25) is 0 Å². The van der Waals surface area contributed by atoms with Crippen molar-refractivity contribution in [1.29, 1.82) is 0 Å². The lowest BCUT2D eigenvalue weighted by Crippen LogP contribution is -2.44. The summed E-state index contributed by atoms with van der Waals surface area (Å²) in [6, 6.07) is 8.05. The highest BCUT2D eigenvalue weighted by Gasteiger charge is 2.27. The number of fused-ring (bicyclic) bond motifs is 1. The van der Waals surface area contributed by atoms with Crippen LogP contribution in [0.4, 0.5) is 0 Å². The summed E-state index contributed by atoms with van der Waals surface area (Å²) in [6.07, 6.45) is 3.06. The highest BCUT2D eigenvalue weighted by molar-refractivity contribution is 7.16. The molecule has 2 amide bonds. The van der Waals surface area contributed by atoms with Crippen LogP contribution < -0.4 is 10.2 Å². The molecule has 2 heterocycles. The second kappa shape index (κ2) is 7.82. The summed E-state index contributed by atoms with van der Waals surface area (Å²) in [7, 11) is 1.94. The summed E-state index contributed by atoms with van der Waals surface area (Å²) >= 11 is 1.54. The zero-order valence-corrected chi connectivity index (χ0v) is 15.5. The Balaban J connectivity index is 1.69. The van der Waals surface area contributed by atoms with E-state index in [2.05, 4.69) is 10.5 Å². The van der Waals surface area contributed by atoms with Crippen molar-refractivity contribution in [2.75, 3.05) is 13.1 Å². The zero-order chi connectivity index (χ0) is 17.8. The van der Waals surface area contributed by atoms with Crippen molar-refractivity contribution in [3.63, 3.8) is 0 Å². The zero-order valence-electron chi connectivity index (χ0n) is 14.7. The summed E-state index contributed by atoms with van der Waals surface area (Å²) in [5.41, 5.74) is 3.79. The first-order chi connectivity index (χ1) is 12.1. The number of thiazole rings is 1. The van der Waals surface area contributed by atoms with Gasteiger partial charge in [-0.05, 0) is 31.4 Å². The lowest BCUT2D eigenvalue weighted by molar-refractivity contribution is -0.135. The molecule has 1 saturated heterocycles. The van der Waals surface area contributed by atoms with E-state index >= 15 is 0 Å². The van der Waals surface area contributed by atoms with E-state index in [1.165, 1.54) is 0 Å². The van der Waals surface area contributed by atoms with E-state index in [1.54, 1.807) is 11.3 Å². The molecule has 1 aliphatic rings. The first-order valence-electron chi connectivity index (χ1n) is 8.76. The second-order valence-electron chi connectivity index (χ2n) is 6.43. The number of nitrogens with one attached hydrogen (secondary N) is 1. The molecule has 25 heavy (non-hydrogen) atoms. The van der Waals surface area contributed by atoms with Gasteiger partial charge < -0.3 is 9.47 Å². The molecule has 1 aromatic heterocycles. The van der Waals surface area contributed by atoms with Gasteiger partial charge in [0.1, 0.15) is 0 Å². The van der Waals surface area contributed by atoms with Crippen molar-refractivity contribution in [3.05, 3.63) is 29.1 Å². The molecule has 1 aliphatic heterocycles. The van der Waals surface area contributed by atoms with Gasteiger partial charge in [0.05, 0.1) is 16.1 Å². The smallest absolute Gasteiger partial charge is 0.245 e. The Labute approximate surface area is 151 Å². The third kappa shape index (κ3) is 3.92. The van der Waals surface area contributed by atoms with Crippen LogP contribution in [0.1, 0.15) is 32.6 Å². The predicted octanol–water partition coefficient (Wildman–Crippen LogP) is 2.21. The van der Waals surface area contributed by atoms with E-state index < -0.39 is 0 Å². The van der Waals surface area contributed by atoms with Gasteiger partial charge >= 0.3 is 0 Å². The molecule has 1 fully saturated rings. The van der Waals surface area contributed by atoms with Gasteiger partial charge in [0.15, 0.2) is 0 Å². The largest absolute Gasteiger partial charge is 0.342 e. The Kier molecular flexibility index (Phi) is 5.53. The maximum Gasteiger partial charge on any atom is 0.245 e. The van der Waals surface area contributed by atoms with E-state index in [0.717, 1.165) is 40.8 Å². The Morgan fingerprint density at radius 3 is 2.92 bits per heavy atom. The van der Waals surface area contributed by atoms with E-state index in [0.29, 0.717) is 13.0 Å². The first-order valence-corrected chi connectivity index (χ1v) is 9.57. The summed E-state index contributed by atoms with van der Waals surface area (Å²) in [4.78, 5) is 27.1. The fourth-order valence-corrected chi connectivity index (χ4v) is 4.15. The van der Waals surface area contributed by atoms with Crippen molar-refractivity contribution in [2.24, 2.45) is 18.1 Å². The number of carbonyl (C=O) groups excluding carboxylic acids is 2. The van der Waals surface area contributed by atoms with Gasteiger partial charge in [-0.2, -0.15) is 0 Å². The second-order valence-corrected chi connectivity index (χ2v) is 7.44. The standard InChI is InChI=1S/C18H24N4O2S/c1-3-7-16(23)22-11-6-8-13(12-22)17(24)19-20-18-21(2)14-9-4-5-10-15(14)25-18/h4-5,9-10,13H,3,6-8,11-12H2,1-2H3,(H,19,24)/b20-18+. The molecular weight excluding hydrogens is 336 g/mol. The van der Waals surface area contributed by atoms with Crippen LogP contribution in [0.25, 0.3) is 10.2 Å². The number of aryl methyl sites for hydroxylation is 1. The quantitative estimate of drug-likeness (QED) is 0.850. The SMILES string of the molecule is CCCC(=O)N1CCCC(C(=O)N/N=c2/sc3ccccc3n2C)C1. The molecule has 0 saturated carbocycles. The molecule has 0 bridgehead atoms. The normalized spacial score (nSPS) is 18.6. The number of likely N-dealkylation sites (tertiary alicyclic amines) is 1. The fourth-order valence-electron chi connectivity index (χ4n) is 3.17. The summed E-state index contributed by atoms with van der Waals surface area (Å²) < 4.78 is 3.10. The van der Waals surface area contributed by atoms with Crippen LogP contribution in [-0.4, -0.2) is 34.4 Å². The average molecular weight is 360 g/mol. The number of para-hydroxylation sites is 1. The van der Waals surface area contributed by atoms with Gasteiger partial charge in [0.2, 0.25) is 16.6 Å². The molecule has 1 unspecified atom stereocenters. The van der Waals surface area contributed by atoms with Gasteiger partial charge in [-0.25, -0.2) is 5.43 Å². The van der Waals surface area contributed by atoms with Gasteiger partial charge in [-0.1, -0.05) is 30.4 Å². The minimum atomic E-state index is -0.182. The predicted molar refractivity (Wildman–Crippen MR) is 98.7 cm³/mol. The molecule has 1 atom stereocenters. The van der Waals surface area contributed by atoms with Crippen LogP contribution in [0.15, 0.2) is 29.4 Å². The first kappa shape index (κ1) is 17.7. The van der Waals surface area contributed by atoms with Gasteiger partial charge in [0.25, 0.3) is 0 Å². The molecule has 0 spiro atoms. The molecule has 2 aromatic rings. The Hall–Kier alpha value is -2.15. The number of nitrogens with zero attached hydrogens (tertiary/aromatic N) is 3. The van der Waals surface area contributed by atoms with Crippen LogP contribution in [0.5, 0.6) is 0 Å². The van der Waals surface area contributed by atoms with Gasteiger partial charge in [0, 0.05) is 26.6 Å². The number of benzene rings is 1. The summed E-state index contributed by atoms with van der Waals surface area (Å²) in [5.74, 6) is -0.141. The number of rotatable bonds is 4. The third-order valence-electron chi connectivity index (χ3n) is 4.59. The summed E-state index contributed by atoms with van der Waals surface area (Å²) in [6.45, 7) is 3.25. The number of carbonyl (C=O) groups is 2. The number of hydrogen-bond donors (Lipinski definition) is 1. The third-order valence-corrected chi connectivity index (χ3v) is 5.70. The summed E-state index contributed by atoms with van der Waals surface area (Å²) in [5, 5.41) is 4.30. The van der Waals surface area contributed by atoms with E-state index in [1.807, 2.05) is 47.7 Å². The molecule has 134 valence electrons. The van der Waals surface area contributed by atoms with Crippen molar-refractivity contribution < 1.29 is 9.59 Å². The molecule has 7 heteroatoms. The molecule has 1 aromatic carbocycles. The highest BCUT2D eigenvalue weighted by atomic mass is 32.1. The van der Waals surface area contributed by atoms with E-state index in [4.69, 9.17) is 0 Å². The minimum absolute atomic E-state index is 0.105. The van der Waals surface area contributed by atoms with E-state index in [9.17, 15) is 9.59 Å². The van der Waals surface area contributed by atoms with Crippen LogP contribution in [-0.2, 0) is 16.6 Å². The van der Waals surface area contributed by atoms with Crippen molar-refractivity contribution in [3.8, 4) is 0 Å². The van der Waals surface area contributed by atoms with Crippen molar-refractivity contribution >= 4 is 33.4 Å². The number of hydrogen-bond acceptors (Lipinski definition) is 4.